The molecule has 0 aliphatic rings. The molecule has 0 bridgehead atoms. The number of rotatable bonds is 3. The number of ether oxygens (including phenoxy) is 1. The number of aromatic amines is 2. The number of aryl methyl sites for hydroxylation is 1. The summed E-state index contributed by atoms with van der Waals surface area (Å²) in [6, 6.07) is 12.9. The largest absolute Gasteiger partial charge is 0.497 e. The van der Waals surface area contributed by atoms with Gasteiger partial charge in [0, 0.05) is 10.9 Å². The molecule has 2 aromatic heterocycles. The minimum Gasteiger partial charge on any atom is -0.497 e. The molecule has 0 amide bonds. The Kier molecular flexibility index (Phi) is 3.69. The number of fused-ring (bicyclic) bond motifs is 3. The highest BCUT2D eigenvalue weighted by Gasteiger charge is 2.12. The molecular weight excluding hydrogens is 332 g/mol. The Morgan fingerprint density at radius 3 is 2.54 bits per heavy atom. The van der Waals surface area contributed by atoms with E-state index >= 15 is 0 Å². The molecule has 0 atom stereocenters. The Balaban J connectivity index is 1.85. The Hall–Kier alpha value is -3.61. The predicted molar refractivity (Wildman–Crippen MR) is 101 cm³/mol. The van der Waals surface area contributed by atoms with Crippen LogP contribution in [0.3, 0.4) is 0 Å². The zero-order valence-corrected chi connectivity index (χ0v) is 14.2. The molecule has 0 fully saturated rings. The first kappa shape index (κ1) is 15.9. The van der Waals surface area contributed by atoms with Gasteiger partial charge >= 0.3 is 11.2 Å². The Labute approximate surface area is 147 Å². The third kappa shape index (κ3) is 2.59. The third-order valence-corrected chi connectivity index (χ3v) is 4.22. The lowest BCUT2D eigenvalue weighted by molar-refractivity contribution is 0.415. The van der Waals surface area contributed by atoms with Gasteiger partial charge in [0.2, 0.25) is 0 Å². The van der Waals surface area contributed by atoms with Crippen LogP contribution in [0.15, 0.2) is 57.2 Å². The van der Waals surface area contributed by atoms with E-state index in [0.717, 1.165) is 26.7 Å². The van der Waals surface area contributed by atoms with Crippen LogP contribution in [-0.2, 0) is 0 Å². The molecule has 0 aliphatic carbocycles. The van der Waals surface area contributed by atoms with Gasteiger partial charge in [-0.25, -0.2) is 4.79 Å². The third-order valence-electron chi connectivity index (χ3n) is 4.22. The van der Waals surface area contributed by atoms with E-state index in [0.29, 0.717) is 16.8 Å². The second-order valence-electron chi connectivity index (χ2n) is 5.99. The number of nitrogens with zero attached hydrogens (tertiary/aromatic N) is 2. The molecule has 0 spiro atoms. The van der Waals surface area contributed by atoms with Crippen molar-refractivity contribution in [2.75, 3.05) is 7.11 Å². The van der Waals surface area contributed by atoms with Crippen LogP contribution < -0.4 is 16.0 Å². The van der Waals surface area contributed by atoms with Gasteiger partial charge in [-0.3, -0.25) is 4.79 Å². The molecular formula is C19H16N4O3. The molecule has 0 unspecified atom stereocenters. The Morgan fingerprint density at radius 2 is 1.81 bits per heavy atom. The second-order valence-corrected chi connectivity index (χ2v) is 5.99. The van der Waals surface area contributed by atoms with Crippen LogP contribution in [0.4, 0.5) is 0 Å². The first-order valence-electron chi connectivity index (χ1n) is 8.02. The number of hydrogen-bond donors (Lipinski definition) is 2. The quantitative estimate of drug-likeness (QED) is 0.557. The lowest BCUT2D eigenvalue weighted by Crippen LogP contribution is -2.32. The van der Waals surface area contributed by atoms with Crippen molar-refractivity contribution in [1.82, 2.24) is 14.6 Å². The molecule has 7 nitrogen and oxygen atoms in total. The Morgan fingerprint density at radius 1 is 1.04 bits per heavy atom. The number of hydrogen-bond acceptors (Lipinski definition) is 4. The summed E-state index contributed by atoms with van der Waals surface area (Å²) < 4.78 is 5.91. The molecule has 2 heterocycles. The highest BCUT2D eigenvalue weighted by Crippen LogP contribution is 2.21. The molecule has 0 aliphatic heterocycles. The summed E-state index contributed by atoms with van der Waals surface area (Å²) in [7, 11) is 1.58. The summed E-state index contributed by atoms with van der Waals surface area (Å²) >= 11 is 0. The normalized spacial score (nSPS) is 11.6. The van der Waals surface area contributed by atoms with E-state index in [-0.39, 0.29) is 0 Å². The van der Waals surface area contributed by atoms with Crippen LogP contribution in [0, 0.1) is 6.92 Å². The molecule has 4 rings (SSSR count). The fraction of sp³-hybridized carbons (Fsp3) is 0.105. The van der Waals surface area contributed by atoms with Gasteiger partial charge in [0.25, 0.3) is 0 Å². The molecule has 7 heteroatoms. The van der Waals surface area contributed by atoms with Crippen molar-refractivity contribution in [3.8, 4) is 5.75 Å². The van der Waals surface area contributed by atoms with Crippen molar-refractivity contribution >= 4 is 28.2 Å². The number of H-pyrrole nitrogens is 2. The van der Waals surface area contributed by atoms with Crippen molar-refractivity contribution < 1.29 is 4.74 Å². The maximum absolute atomic E-state index is 12.7. The van der Waals surface area contributed by atoms with Crippen LogP contribution in [0.5, 0.6) is 5.75 Å². The number of nitrogens with one attached hydrogen (secondary N) is 2. The molecule has 2 N–H and O–H groups in total. The van der Waals surface area contributed by atoms with Crippen LogP contribution in [-0.4, -0.2) is 28.0 Å². The van der Waals surface area contributed by atoms with Gasteiger partial charge in [-0.05, 0) is 48.9 Å². The topological polar surface area (TPSA) is 92.2 Å². The minimum atomic E-state index is -0.588. The van der Waals surface area contributed by atoms with Gasteiger partial charge in [0.1, 0.15) is 11.3 Å². The molecule has 0 saturated carbocycles. The average molecular weight is 348 g/mol. The van der Waals surface area contributed by atoms with Gasteiger partial charge < -0.3 is 14.7 Å². The molecule has 2 aromatic carbocycles. The summed E-state index contributed by atoms with van der Waals surface area (Å²) in [5, 5.41) is 4.85. The highest BCUT2D eigenvalue weighted by atomic mass is 16.5. The Bertz CT molecular complexity index is 1260. The zero-order valence-electron chi connectivity index (χ0n) is 14.2. The summed E-state index contributed by atoms with van der Waals surface area (Å²) in [6.07, 6.45) is 1.45. The fourth-order valence-corrected chi connectivity index (χ4v) is 2.87. The van der Waals surface area contributed by atoms with Gasteiger partial charge in [-0.1, -0.05) is 11.6 Å². The van der Waals surface area contributed by atoms with Crippen molar-refractivity contribution in [1.29, 1.82) is 0 Å². The van der Waals surface area contributed by atoms with Crippen LogP contribution in [0.25, 0.3) is 21.9 Å². The van der Waals surface area contributed by atoms with E-state index < -0.39 is 11.2 Å². The summed E-state index contributed by atoms with van der Waals surface area (Å²) in [5.74, 6) is 0.715. The SMILES string of the molecule is COc1ccc(/C=N\n2c(=O)[nH]c3c([nH]c4ccc(C)cc43)c2=O)cc1. The monoisotopic (exact) mass is 348 g/mol. The minimum absolute atomic E-state index is 0.317. The predicted octanol–water partition coefficient (Wildman–Crippen LogP) is 2.37. The standard InChI is InChI=1S/C19H16N4O3/c1-11-3-8-15-14(9-11)16-17(21-15)18(24)23(19(25)22-16)20-10-12-4-6-13(26-2)7-5-12/h3-10,21H,1-2H3,(H,22,25)/b20-10-. The number of benzene rings is 2. The maximum atomic E-state index is 12.7. The van der Waals surface area contributed by atoms with Crippen molar-refractivity contribution in [3.05, 3.63) is 74.4 Å². The van der Waals surface area contributed by atoms with Crippen LogP contribution >= 0.6 is 0 Å². The van der Waals surface area contributed by atoms with E-state index in [4.69, 9.17) is 4.74 Å². The molecule has 130 valence electrons. The van der Waals surface area contributed by atoms with Crippen molar-refractivity contribution in [2.24, 2.45) is 5.10 Å². The van der Waals surface area contributed by atoms with Gasteiger partial charge in [0.15, 0.2) is 0 Å². The number of aromatic nitrogens is 3. The van der Waals surface area contributed by atoms with Gasteiger partial charge in [-0.15, -0.1) is 4.68 Å². The van der Waals surface area contributed by atoms with Crippen LogP contribution in [0.1, 0.15) is 11.1 Å². The summed E-state index contributed by atoms with van der Waals surface area (Å²) in [6.45, 7) is 1.96. The van der Waals surface area contributed by atoms with Gasteiger partial charge in [-0.2, -0.15) is 5.10 Å². The summed E-state index contributed by atoms with van der Waals surface area (Å²) in [4.78, 5) is 30.9. The van der Waals surface area contributed by atoms with E-state index in [1.807, 2.05) is 25.1 Å². The van der Waals surface area contributed by atoms with E-state index in [9.17, 15) is 9.59 Å². The maximum Gasteiger partial charge on any atom is 0.350 e. The van der Waals surface area contributed by atoms with E-state index in [1.54, 1.807) is 31.4 Å². The molecule has 26 heavy (non-hydrogen) atoms. The van der Waals surface area contributed by atoms with Crippen LogP contribution in [0.2, 0.25) is 0 Å². The first-order valence-corrected chi connectivity index (χ1v) is 8.02. The molecule has 0 radical (unpaired) electrons. The number of methoxy groups -OCH3 is 1. The second kappa shape index (κ2) is 6.03. The molecule has 0 saturated heterocycles. The lowest BCUT2D eigenvalue weighted by atomic mass is 10.2. The smallest absolute Gasteiger partial charge is 0.350 e. The lowest BCUT2D eigenvalue weighted by Gasteiger charge is -2.00. The van der Waals surface area contributed by atoms with E-state index in [2.05, 4.69) is 15.1 Å². The van der Waals surface area contributed by atoms with E-state index in [1.165, 1.54) is 6.21 Å². The zero-order chi connectivity index (χ0) is 18.3. The average Bonchev–Trinajstić information content (AvgIpc) is 3.00. The molecule has 4 aromatic rings. The summed E-state index contributed by atoms with van der Waals surface area (Å²) in [5.41, 5.74) is 2.30. The first-order chi connectivity index (χ1) is 12.6. The van der Waals surface area contributed by atoms with Crippen molar-refractivity contribution in [2.45, 2.75) is 6.92 Å². The van der Waals surface area contributed by atoms with Gasteiger partial charge in [0.05, 0.1) is 18.8 Å². The fourth-order valence-electron chi connectivity index (χ4n) is 2.87. The highest BCUT2D eigenvalue weighted by molar-refractivity contribution is 6.04. The van der Waals surface area contributed by atoms with Crippen molar-refractivity contribution in [3.63, 3.8) is 0 Å².